The van der Waals surface area contributed by atoms with Crippen LogP contribution < -0.4 is 10.6 Å². The normalized spacial score (nSPS) is 25.9. The van der Waals surface area contributed by atoms with E-state index in [0.717, 1.165) is 0 Å². The lowest BCUT2D eigenvalue weighted by atomic mass is 10.1. The molecule has 1 rings (SSSR count). The molecule has 1 aliphatic rings. The SMILES string of the molecule is C[C@@H](CCC(=O)NC1C/C=C\COCC1O)NC(=O)O. The van der Waals surface area contributed by atoms with Gasteiger partial charge in [-0.2, -0.15) is 0 Å². The zero-order valence-corrected chi connectivity index (χ0v) is 11.5. The Kier molecular flexibility index (Phi) is 7.03. The maximum Gasteiger partial charge on any atom is 0.404 e. The number of nitrogens with one attached hydrogen (secondary N) is 2. The molecule has 0 aliphatic carbocycles. The van der Waals surface area contributed by atoms with E-state index in [0.29, 0.717) is 19.4 Å². The van der Waals surface area contributed by atoms with E-state index in [1.165, 1.54) is 0 Å². The maximum absolute atomic E-state index is 11.8. The lowest BCUT2D eigenvalue weighted by molar-refractivity contribution is -0.123. The molecule has 2 amide bonds. The summed E-state index contributed by atoms with van der Waals surface area (Å²) >= 11 is 0. The van der Waals surface area contributed by atoms with E-state index in [1.807, 2.05) is 12.2 Å². The number of carbonyl (C=O) groups excluding carboxylic acids is 1. The molecule has 1 aliphatic heterocycles. The maximum atomic E-state index is 11.8. The molecule has 0 radical (unpaired) electrons. The number of amides is 2. The molecule has 2 unspecified atom stereocenters. The van der Waals surface area contributed by atoms with Crippen LogP contribution in [0, 0.1) is 0 Å². The van der Waals surface area contributed by atoms with Gasteiger partial charge >= 0.3 is 6.09 Å². The van der Waals surface area contributed by atoms with Crippen molar-refractivity contribution < 1.29 is 24.5 Å². The fraction of sp³-hybridized carbons (Fsp3) is 0.692. The summed E-state index contributed by atoms with van der Waals surface area (Å²) < 4.78 is 5.18. The van der Waals surface area contributed by atoms with Gasteiger partial charge in [0.2, 0.25) is 5.91 Å². The van der Waals surface area contributed by atoms with E-state index in [4.69, 9.17) is 9.84 Å². The van der Waals surface area contributed by atoms with E-state index in [1.54, 1.807) is 6.92 Å². The molecule has 20 heavy (non-hydrogen) atoms. The first-order valence-electron chi connectivity index (χ1n) is 6.68. The first-order chi connectivity index (χ1) is 9.49. The number of rotatable bonds is 5. The van der Waals surface area contributed by atoms with E-state index < -0.39 is 12.2 Å². The Morgan fingerprint density at radius 3 is 2.90 bits per heavy atom. The van der Waals surface area contributed by atoms with Gasteiger partial charge in [-0.05, 0) is 19.8 Å². The van der Waals surface area contributed by atoms with Crippen LogP contribution in [0.5, 0.6) is 0 Å². The average Bonchev–Trinajstić information content (AvgIpc) is 2.35. The number of hydrogen-bond donors (Lipinski definition) is 4. The second kappa shape index (κ2) is 8.55. The van der Waals surface area contributed by atoms with Crippen LogP contribution in [0.1, 0.15) is 26.2 Å². The van der Waals surface area contributed by atoms with Crippen molar-refractivity contribution in [1.29, 1.82) is 0 Å². The van der Waals surface area contributed by atoms with Crippen molar-refractivity contribution in [1.82, 2.24) is 10.6 Å². The van der Waals surface area contributed by atoms with Crippen LogP contribution in [0.3, 0.4) is 0 Å². The number of hydrogen-bond acceptors (Lipinski definition) is 4. The van der Waals surface area contributed by atoms with Crippen molar-refractivity contribution in [2.24, 2.45) is 0 Å². The third kappa shape index (κ3) is 6.53. The standard InChI is InChI=1S/C13H22N2O5/c1-9(14-13(18)19)5-6-12(17)15-10-4-2-3-7-20-8-11(10)16/h2-3,9-11,14,16H,4-8H2,1H3,(H,15,17)(H,18,19)/b3-2-/t9-,10?,11?/m0/s1. The summed E-state index contributed by atoms with van der Waals surface area (Å²) in [7, 11) is 0. The second-order valence-electron chi connectivity index (χ2n) is 4.88. The van der Waals surface area contributed by atoms with Crippen molar-refractivity contribution in [3.63, 3.8) is 0 Å². The third-order valence-electron chi connectivity index (χ3n) is 3.04. The predicted octanol–water partition coefficient (Wildman–Crippen LogP) is 0.245. The van der Waals surface area contributed by atoms with Gasteiger partial charge in [-0.15, -0.1) is 0 Å². The summed E-state index contributed by atoms with van der Waals surface area (Å²) in [6.07, 6.45) is 3.04. The van der Waals surface area contributed by atoms with Gasteiger partial charge in [-0.3, -0.25) is 4.79 Å². The molecule has 114 valence electrons. The fourth-order valence-corrected chi connectivity index (χ4v) is 1.91. The van der Waals surface area contributed by atoms with Gasteiger partial charge in [0.1, 0.15) is 0 Å². The summed E-state index contributed by atoms with van der Waals surface area (Å²) in [5.74, 6) is -0.206. The minimum atomic E-state index is -1.10. The molecule has 1 heterocycles. The number of carboxylic acid groups (broad SMARTS) is 1. The van der Waals surface area contributed by atoms with Crippen molar-refractivity contribution in [2.75, 3.05) is 13.2 Å². The molecule has 0 bridgehead atoms. The molecular formula is C13H22N2O5. The van der Waals surface area contributed by atoms with Crippen LogP contribution in [0.25, 0.3) is 0 Å². The minimum absolute atomic E-state index is 0.187. The number of carbonyl (C=O) groups is 2. The zero-order valence-electron chi connectivity index (χ0n) is 11.5. The molecule has 0 aromatic heterocycles. The minimum Gasteiger partial charge on any atom is -0.465 e. The van der Waals surface area contributed by atoms with Crippen LogP contribution in [-0.2, 0) is 9.53 Å². The van der Waals surface area contributed by atoms with Crippen LogP contribution in [-0.4, -0.2) is 53.6 Å². The van der Waals surface area contributed by atoms with Gasteiger partial charge in [0, 0.05) is 12.5 Å². The second-order valence-corrected chi connectivity index (χ2v) is 4.88. The fourth-order valence-electron chi connectivity index (χ4n) is 1.91. The Hall–Kier alpha value is -1.60. The molecule has 0 saturated heterocycles. The summed E-state index contributed by atoms with van der Waals surface area (Å²) in [6.45, 7) is 2.35. The Balaban J connectivity index is 2.34. The van der Waals surface area contributed by atoms with Crippen molar-refractivity contribution >= 4 is 12.0 Å². The first-order valence-corrected chi connectivity index (χ1v) is 6.68. The van der Waals surface area contributed by atoms with Crippen LogP contribution in [0.15, 0.2) is 12.2 Å². The Morgan fingerprint density at radius 1 is 1.45 bits per heavy atom. The Morgan fingerprint density at radius 2 is 2.20 bits per heavy atom. The monoisotopic (exact) mass is 286 g/mol. The lowest BCUT2D eigenvalue weighted by Crippen LogP contribution is -2.45. The molecular weight excluding hydrogens is 264 g/mol. The number of aliphatic hydroxyl groups is 1. The Labute approximate surface area is 118 Å². The molecule has 7 nitrogen and oxygen atoms in total. The smallest absolute Gasteiger partial charge is 0.404 e. The van der Waals surface area contributed by atoms with Gasteiger partial charge < -0.3 is 25.6 Å². The third-order valence-corrected chi connectivity index (χ3v) is 3.04. The van der Waals surface area contributed by atoms with Gasteiger partial charge in [0.15, 0.2) is 0 Å². The molecule has 0 saturated carbocycles. The summed E-state index contributed by atoms with van der Waals surface area (Å²) in [6, 6.07) is -0.662. The highest BCUT2D eigenvalue weighted by Gasteiger charge is 2.21. The first kappa shape index (κ1) is 16.5. The van der Waals surface area contributed by atoms with E-state index in [2.05, 4.69) is 10.6 Å². The largest absolute Gasteiger partial charge is 0.465 e. The number of aliphatic hydroxyl groups excluding tert-OH is 1. The van der Waals surface area contributed by atoms with Crippen LogP contribution >= 0.6 is 0 Å². The van der Waals surface area contributed by atoms with Crippen molar-refractivity contribution in [2.45, 2.75) is 44.4 Å². The Bertz CT molecular complexity index is 359. The molecule has 3 atom stereocenters. The predicted molar refractivity (Wildman–Crippen MR) is 72.4 cm³/mol. The number of ether oxygens (including phenoxy) is 1. The molecule has 0 aromatic rings. The van der Waals surface area contributed by atoms with Gasteiger partial charge in [-0.1, -0.05) is 12.2 Å². The molecule has 0 fully saturated rings. The van der Waals surface area contributed by atoms with Crippen LogP contribution in [0.4, 0.5) is 4.79 Å². The highest BCUT2D eigenvalue weighted by molar-refractivity contribution is 5.76. The summed E-state index contributed by atoms with van der Waals surface area (Å²) in [5, 5.41) is 23.4. The summed E-state index contributed by atoms with van der Waals surface area (Å²) in [4.78, 5) is 22.2. The van der Waals surface area contributed by atoms with Gasteiger partial charge in [-0.25, -0.2) is 4.79 Å². The molecule has 0 aromatic carbocycles. The van der Waals surface area contributed by atoms with Crippen molar-refractivity contribution in [3.8, 4) is 0 Å². The average molecular weight is 286 g/mol. The molecule has 7 heteroatoms. The zero-order chi connectivity index (χ0) is 15.0. The quantitative estimate of drug-likeness (QED) is 0.542. The van der Waals surface area contributed by atoms with E-state index in [-0.39, 0.29) is 31.0 Å². The lowest BCUT2D eigenvalue weighted by Gasteiger charge is -2.24. The molecule has 4 N–H and O–H groups in total. The highest BCUT2D eigenvalue weighted by Crippen LogP contribution is 2.06. The van der Waals surface area contributed by atoms with Gasteiger partial charge in [0.05, 0.1) is 25.4 Å². The van der Waals surface area contributed by atoms with Crippen LogP contribution in [0.2, 0.25) is 0 Å². The molecule has 0 spiro atoms. The highest BCUT2D eigenvalue weighted by atomic mass is 16.5. The van der Waals surface area contributed by atoms with Crippen molar-refractivity contribution in [3.05, 3.63) is 12.2 Å². The van der Waals surface area contributed by atoms with E-state index in [9.17, 15) is 14.7 Å². The van der Waals surface area contributed by atoms with E-state index >= 15 is 0 Å². The topological polar surface area (TPSA) is 108 Å². The van der Waals surface area contributed by atoms with Gasteiger partial charge in [0.25, 0.3) is 0 Å². The summed E-state index contributed by atoms with van der Waals surface area (Å²) in [5.41, 5.74) is 0.